The molecule has 2 nitrogen and oxygen atoms in total. The third-order valence-corrected chi connectivity index (χ3v) is 3.10. The molecule has 0 bridgehead atoms. The van der Waals surface area contributed by atoms with Crippen molar-refractivity contribution in [2.24, 2.45) is 5.92 Å². The molecule has 0 aliphatic carbocycles. The molecule has 0 rings (SSSR count). The maximum Gasteiger partial charge on any atom is 0.182 e. The Hall–Kier alpha value is 0.137. The van der Waals surface area contributed by atoms with E-state index < -0.39 is 8.32 Å². The second-order valence-electron chi connectivity index (χ2n) is 3.68. The minimum atomic E-state index is -1.80. The average Bonchev–Trinajstić information content (AvgIpc) is 1.59. The van der Waals surface area contributed by atoms with E-state index in [2.05, 4.69) is 12.2 Å². The van der Waals surface area contributed by atoms with Crippen LogP contribution in [0.25, 0.3) is 0 Å². The van der Waals surface area contributed by atoms with Gasteiger partial charge in [-0.1, -0.05) is 6.92 Å². The Balaban J connectivity index is 3.47. The first-order chi connectivity index (χ1) is 4.45. The predicted octanol–water partition coefficient (Wildman–Crippen LogP) is 1.04. The summed E-state index contributed by atoms with van der Waals surface area (Å²) in [6.45, 7) is 7.15. The van der Waals surface area contributed by atoms with Gasteiger partial charge in [-0.25, -0.2) is 0 Å². The summed E-state index contributed by atoms with van der Waals surface area (Å²) in [7, 11) is 0.149. The van der Waals surface area contributed by atoms with Gasteiger partial charge in [0.05, 0.1) is 0 Å². The minimum absolute atomic E-state index is 0.608. The van der Waals surface area contributed by atoms with Crippen LogP contribution in [0.15, 0.2) is 0 Å². The van der Waals surface area contributed by atoms with Crippen LogP contribution in [0.4, 0.5) is 0 Å². The number of nitrogens with one attached hydrogen (secondary N) is 1. The van der Waals surface area contributed by atoms with Crippen molar-refractivity contribution in [1.29, 1.82) is 0 Å². The Kier molecular flexibility index (Phi) is 4.16. The second-order valence-corrected chi connectivity index (χ2v) is 7.71. The van der Waals surface area contributed by atoms with Gasteiger partial charge in [-0.15, -0.1) is 0 Å². The quantitative estimate of drug-likeness (QED) is 0.604. The third-order valence-electron chi connectivity index (χ3n) is 1.40. The largest absolute Gasteiger partial charge is 0.432 e. The smallest absolute Gasteiger partial charge is 0.182 e. The van der Waals surface area contributed by atoms with Crippen LogP contribution in [-0.2, 0) is 0 Å². The van der Waals surface area contributed by atoms with Gasteiger partial charge in [-0.05, 0) is 38.6 Å². The third kappa shape index (κ3) is 6.26. The molecule has 0 spiro atoms. The Labute approximate surface area is 64.8 Å². The zero-order chi connectivity index (χ0) is 8.20. The van der Waals surface area contributed by atoms with E-state index in [0.717, 1.165) is 12.6 Å². The van der Waals surface area contributed by atoms with E-state index in [1.807, 2.05) is 20.1 Å². The molecule has 0 aromatic heterocycles. The fourth-order valence-corrected chi connectivity index (χ4v) is 3.12. The van der Waals surface area contributed by atoms with Gasteiger partial charge in [0.2, 0.25) is 0 Å². The van der Waals surface area contributed by atoms with Gasteiger partial charge in [0.1, 0.15) is 0 Å². The summed E-state index contributed by atoms with van der Waals surface area (Å²) in [5, 5.41) is 3.10. The molecule has 2 N–H and O–H groups in total. The van der Waals surface area contributed by atoms with Crippen molar-refractivity contribution < 1.29 is 4.80 Å². The average molecular weight is 161 g/mol. The van der Waals surface area contributed by atoms with Crippen LogP contribution in [0.5, 0.6) is 0 Å². The van der Waals surface area contributed by atoms with E-state index in [0.29, 0.717) is 5.92 Å². The van der Waals surface area contributed by atoms with Gasteiger partial charge in [-0.2, -0.15) is 0 Å². The molecule has 0 aromatic rings. The van der Waals surface area contributed by atoms with Gasteiger partial charge in [-0.3, -0.25) is 0 Å². The van der Waals surface area contributed by atoms with Crippen molar-refractivity contribution in [3.63, 3.8) is 0 Å². The molecular weight excluding hydrogens is 142 g/mol. The summed E-state index contributed by atoms with van der Waals surface area (Å²) in [6.07, 6.45) is 0. The summed E-state index contributed by atoms with van der Waals surface area (Å²) < 4.78 is 0. The molecule has 0 heterocycles. The SMILES string of the molecule is CNCC(C)C[Si](C)(C)O. The van der Waals surface area contributed by atoms with Crippen LogP contribution in [0.3, 0.4) is 0 Å². The topological polar surface area (TPSA) is 32.3 Å². The lowest BCUT2D eigenvalue weighted by Gasteiger charge is -2.18. The zero-order valence-electron chi connectivity index (χ0n) is 7.44. The van der Waals surface area contributed by atoms with Crippen molar-refractivity contribution in [2.45, 2.75) is 26.1 Å². The van der Waals surface area contributed by atoms with Crippen LogP contribution >= 0.6 is 0 Å². The van der Waals surface area contributed by atoms with E-state index >= 15 is 0 Å². The molecule has 62 valence electrons. The highest BCUT2D eigenvalue weighted by Crippen LogP contribution is 2.12. The van der Waals surface area contributed by atoms with Gasteiger partial charge < -0.3 is 10.1 Å². The van der Waals surface area contributed by atoms with Crippen LogP contribution in [-0.4, -0.2) is 26.7 Å². The van der Waals surface area contributed by atoms with Crippen LogP contribution < -0.4 is 5.32 Å². The first kappa shape index (κ1) is 10.1. The second kappa shape index (κ2) is 4.11. The van der Waals surface area contributed by atoms with E-state index in [1.165, 1.54) is 0 Å². The van der Waals surface area contributed by atoms with Gasteiger partial charge in [0.25, 0.3) is 0 Å². The maximum atomic E-state index is 9.53. The summed E-state index contributed by atoms with van der Waals surface area (Å²) in [5.41, 5.74) is 0. The molecule has 0 fully saturated rings. The number of hydrogen-bond acceptors (Lipinski definition) is 2. The Morgan fingerprint density at radius 2 is 2.00 bits per heavy atom. The van der Waals surface area contributed by atoms with Crippen molar-refractivity contribution in [3.05, 3.63) is 0 Å². The van der Waals surface area contributed by atoms with Crippen molar-refractivity contribution in [3.8, 4) is 0 Å². The molecule has 0 aliphatic heterocycles. The summed E-state index contributed by atoms with van der Waals surface area (Å²) in [6, 6.07) is 0.994. The summed E-state index contributed by atoms with van der Waals surface area (Å²) in [5.74, 6) is 0.608. The lowest BCUT2D eigenvalue weighted by molar-refractivity contribution is 0.505. The fraction of sp³-hybridized carbons (Fsp3) is 1.00. The van der Waals surface area contributed by atoms with Crippen LogP contribution in [0.1, 0.15) is 6.92 Å². The maximum absolute atomic E-state index is 9.53. The Morgan fingerprint density at radius 1 is 1.50 bits per heavy atom. The molecule has 0 saturated carbocycles. The van der Waals surface area contributed by atoms with Crippen molar-refractivity contribution in [1.82, 2.24) is 5.32 Å². The van der Waals surface area contributed by atoms with E-state index in [4.69, 9.17) is 0 Å². The highest BCUT2D eigenvalue weighted by atomic mass is 28.4. The molecule has 1 unspecified atom stereocenters. The molecule has 0 saturated heterocycles. The molecule has 0 radical (unpaired) electrons. The summed E-state index contributed by atoms with van der Waals surface area (Å²) in [4.78, 5) is 9.53. The first-order valence-corrected chi connectivity index (χ1v) is 6.98. The zero-order valence-corrected chi connectivity index (χ0v) is 8.44. The molecular formula is C7H19NOSi. The lowest BCUT2D eigenvalue weighted by atomic mass is 10.2. The van der Waals surface area contributed by atoms with Gasteiger partial charge in [0.15, 0.2) is 8.32 Å². The highest BCUT2D eigenvalue weighted by molar-refractivity contribution is 6.69. The molecule has 10 heavy (non-hydrogen) atoms. The molecule has 0 amide bonds. The van der Waals surface area contributed by atoms with Gasteiger partial charge >= 0.3 is 0 Å². The standard InChI is InChI=1S/C7H19NOSi/c1-7(5-8-2)6-10(3,4)9/h7-9H,5-6H2,1-4H3. The predicted molar refractivity (Wildman–Crippen MR) is 47.6 cm³/mol. The van der Waals surface area contributed by atoms with Crippen molar-refractivity contribution >= 4 is 8.32 Å². The fourth-order valence-electron chi connectivity index (χ4n) is 1.27. The number of hydrogen-bond donors (Lipinski definition) is 2. The summed E-state index contributed by atoms with van der Waals surface area (Å²) >= 11 is 0. The number of rotatable bonds is 4. The minimum Gasteiger partial charge on any atom is -0.432 e. The van der Waals surface area contributed by atoms with E-state index in [1.54, 1.807) is 0 Å². The van der Waals surface area contributed by atoms with Crippen LogP contribution in [0.2, 0.25) is 19.1 Å². The Morgan fingerprint density at radius 3 is 2.30 bits per heavy atom. The molecule has 0 aliphatic rings. The van der Waals surface area contributed by atoms with E-state index in [-0.39, 0.29) is 0 Å². The van der Waals surface area contributed by atoms with E-state index in [9.17, 15) is 4.80 Å². The molecule has 1 atom stereocenters. The lowest BCUT2D eigenvalue weighted by Crippen LogP contribution is -2.30. The molecule has 3 heteroatoms. The first-order valence-electron chi connectivity index (χ1n) is 3.82. The Bertz CT molecular complexity index is 90.1. The normalized spacial score (nSPS) is 15.3. The van der Waals surface area contributed by atoms with Crippen molar-refractivity contribution in [2.75, 3.05) is 13.6 Å². The van der Waals surface area contributed by atoms with Crippen LogP contribution in [0, 0.1) is 5.92 Å². The molecule has 0 aromatic carbocycles. The monoisotopic (exact) mass is 161 g/mol. The van der Waals surface area contributed by atoms with Gasteiger partial charge in [0, 0.05) is 0 Å². The highest BCUT2D eigenvalue weighted by Gasteiger charge is 2.19.